The van der Waals surface area contributed by atoms with Crippen LogP contribution < -0.4 is 10.1 Å². The molecule has 25 heavy (non-hydrogen) atoms. The Labute approximate surface area is 151 Å². The summed E-state index contributed by atoms with van der Waals surface area (Å²) in [7, 11) is 0. The first-order valence-electron chi connectivity index (χ1n) is 8.44. The summed E-state index contributed by atoms with van der Waals surface area (Å²) in [5.41, 5.74) is 0.434. The number of likely N-dealkylation sites (tertiary alicyclic amines) is 1. The SMILES string of the molecule is N#Cc1ccccc1OCC(=O)NC[C@H](c1cccs1)N1CCCC1. The van der Waals surface area contributed by atoms with Gasteiger partial charge in [0.2, 0.25) is 0 Å². The van der Waals surface area contributed by atoms with E-state index in [0.717, 1.165) is 13.1 Å². The molecule has 5 nitrogen and oxygen atoms in total. The van der Waals surface area contributed by atoms with Gasteiger partial charge in [0.25, 0.3) is 5.91 Å². The second kappa shape index (κ2) is 8.65. The Hall–Kier alpha value is -2.36. The predicted octanol–water partition coefficient (Wildman–Crippen LogP) is 2.95. The lowest BCUT2D eigenvalue weighted by Gasteiger charge is -2.26. The van der Waals surface area contributed by atoms with E-state index < -0.39 is 0 Å². The molecule has 0 unspecified atom stereocenters. The fourth-order valence-corrected chi connectivity index (χ4v) is 3.89. The molecule has 3 rings (SSSR count). The Kier molecular flexibility index (Phi) is 6.04. The minimum absolute atomic E-state index is 0.0874. The normalized spacial score (nSPS) is 15.5. The standard InChI is InChI=1S/C19H21N3O2S/c20-12-15-6-1-2-7-17(15)24-14-19(23)21-13-16(18-8-5-11-25-18)22-9-3-4-10-22/h1-2,5-8,11,16H,3-4,9-10,13-14H2,(H,21,23)/t16-/m1/s1. The zero-order valence-electron chi connectivity index (χ0n) is 14.0. The third-order valence-corrected chi connectivity index (χ3v) is 5.29. The number of hydrogen-bond donors (Lipinski definition) is 1. The zero-order valence-corrected chi connectivity index (χ0v) is 14.8. The second-order valence-electron chi connectivity index (χ2n) is 5.98. The van der Waals surface area contributed by atoms with Crippen molar-refractivity contribution in [3.8, 4) is 11.8 Å². The van der Waals surface area contributed by atoms with Crippen molar-refractivity contribution in [3.05, 3.63) is 52.2 Å². The fourth-order valence-electron chi connectivity index (χ4n) is 3.03. The van der Waals surface area contributed by atoms with Crippen LogP contribution in [0.15, 0.2) is 41.8 Å². The van der Waals surface area contributed by atoms with Gasteiger partial charge >= 0.3 is 0 Å². The maximum Gasteiger partial charge on any atom is 0.258 e. The third kappa shape index (κ3) is 4.59. The predicted molar refractivity (Wildman–Crippen MR) is 97.5 cm³/mol. The number of carbonyl (C=O) groups is 1. The Bertz CT molecular complexity index is 733. The van der Waals surface area contributed by atoms with Crippen molar-refractivity contribution >= 4 is 17.2 Å². The average Bonchev–Trinajstić information content (AvgIpc) is 3.35. The highest BCUT2D eigenvalue weighted by atomic mass is 32.1. The monoisotopic (exact) mass is 355 g/mol. The summed E-state index contributed by atoms with van der Waals surface area (Å²) >= 11 is 1.72. The number of para-hydroxylation sites is 1. The highest BCUT2D eigenvalue weighted by molar-refractivity contribution is 7.10. The van der Waals surface area contributed by atoms with Gasteiger partial charge in [-0.3, -0.25) is 9.69 Å². The van der Waals surface area contributed by atoms with Crippen molar-refractivity contribution in [1.82, 2.24) is 10.2 Å². The molecular formula is C19H21N3O2S. The van der Waals surface area contributed by atoms with Crippen LogP contribution in [0, 0.1) is 11.3 Å². The van der Waals surface area contributed by atoms with Gasteiger partial charge in [-0.05, 0) is 49.5 Å². The lowest BCUT2D eigenvalue weighted by Crippen LogP contribution is -2.38. The summed E-state index contributed by atoms with van der Waals surface area (Å²) in [6.07, 6.45) is 2.42. The Balaban J connectivity index is 1.54. The lowest BCUT2D eigenvalue weighted by atomic mass is 10.2. The molecule has 130 valence electrons. The van der Waals surface area contributed by atoms with Crippen LogP contribution in [-0.4, -0.2) is 37.0 Å². The minimum Gasteiger partial charge on any atom is -0.482 e. The summed E-state index contributed by atoms with van der Waals surface area (Å²) < 4.78 is 5.49. The number of carbonyl (C=O) groups excluding carboxylic acids is 1. The van der Waals surface area contributed by atoms with Crippen molar-refractivity contribution in [2.75, 3.05) is 26.2 Å². The first kappa shape index (κ1) is 17.5. The van der Waals surface area contributed by atoms with Gasteiger partial charge in [-0.2, -0.15) is 5.26 Å². The highest BCUT2D eigenvalue weighted by Gasteiger charge is 2.24. The Morgan fingerprint density at radius 1 is 1.28 bits per heavy atom. The maximum atomic E-state index is 12.2. The van der Waals surface area contributed by atoms with Crippen LogP contribution in [-0.2, 0) is 4.79 Å². The molecule has 1 fully saturated rings. The summed E-state index contributed by atoms with van der Waals surface area (Å²) in [4.78, 5) is 15.9. The summed E-state index contributed by atoms with van der Waals surface area (Å²) in [6, 6.07) is 13.4. The van der Waals surface area contributed by atoms with Crippen LogP contribution in [0.2, 0.25) is 0 Å². The van der Waals surface area contributed by atoms with Crippen molar-refractivity contribution in [2.45, 2.75) is 18.9 Å². The fraction of sp³-hybridized carbons (Fsp3) is 0.368. The molecule has 1 atom stereocenters. The highest BCUT2D eigenvalue weighted by Crippen LogP contribution is 2.27. The van der Waals surface area contributed by atoms with E-state index in [9.17, 15) is 4.79 Å². The van der Waals surface area contributed by atoms with Gasteiger partial charge in [0.05, 0.1) is 11.6 Å². The molecule has 0 spiro atoms. The van der Waals surface area contributed by atoms with Gasteiger partial charge in [-0.25, -0.2) is 0 Å². The second-order valence-corrected chi connectivity index (χ2v) is 6.95. The quantitative estimate of drug-likeness (QED) is 0.829. The van der Waals surface area contributed by atoms with E-state index in [4.69, 9.17) is 10.00 Å². The zero-order chi connectivity index (χ0) is 17.5. The maximum absolute atomic E-state index is 12.2. The summed E-state index contributed by atoms with van der Waals surface area (Å²) in [5.74, 6) is 0.267. The van der Waals surface area contributed by atoms with Crippen LogP contribution in [0.1, 0.15) is 29.3 Å². The van der Waals surface area contributed by atoms with Gasteiger partial charge in [0.15, 0.2) is 6.61 Å². The molecule has 1 N–H and O–H groups in total. The van der Waals surface area contributed by atoms with E-state index in [0.29, 0.717) is 17.9 Å². The number of thiophene rings is 1. The molecule has 0 bridgehead atoms. The Morgan fingerprint density at radius 2 is 2.08 bits per heavy atom. The number of amides is 1. The number of rotatable bonds is 7. The van der Waals surface area contributed by atoms with Crippen molar-refractivity contribution in [3.63, 3.8) is 0 Å². The molecule has 6 heteroatoms. The van der Waals surface area contributed by atoms with Crippen molar-refractivity contribution < 1.29 is 9.53 Å². The van der Waals surface area contributed by atoms with Gasteiger partial charge in [0.1, 0.15) is 11.8 Å². The molecule has 1 aromatic carbocycles. The van der Waals surface area contributed by atoms with Crippen molar-refractivity contribution in [2.24, 2.45) is 0 Å². The number of benzene rings is 1. The van der Waals surface area contributed by atoms with Crippen LogP contribution >= 0.6 is 11.3 Å². The minimum atomic E-state index is -0.173. The van der Waals surface area contributed by atoms with E-state index in [-0.39, 0.29) is 18.6 Å². The first-order valence-corrected chi connectivity index (χ1v) is 9.32. The van der Waals surface area contributed by atoms with Gasteiger partial charge in [-0.15, -0.1) is 11.3 Å². The molecule has 2 heterocycles. The van der Waals surface area contributed by atoms with Crippen LogP contribution in [0.4, 0.5) is 0 Å². The van der Waals surface area contributed by atoms with Gasteiger partial charge in [0, 0.05) is 11.4 Å². The topological polar surface area (TPSA) is 65.4 Å². The Morgan fingerprint density at radius 3 is 2.80 bits per heavy atom. The number of nitriles is 1. The van der Waals surface area contributed by atoms with E-state index in [1.165, 1.54) is 17.7 Å². The summed E-state index contributed by atoms with van der Waals surface area (Å²) in [6.45, 7) is 2.63. The molecule has 1 saturated heterocycles. The first-order chi connectivity index (χ1) is 12.3. The molecule has 0 saturated carbocycles. The molecule has 1 amide bonds. The van der Waals surface area contributed by atoms with Crippen LogP contribution in [0.5, 0.6) is 5.75 Å². The number of hydrogen-bond acceptors (Lipinski definition) is 5. The van der Waals surface area contributed by atoms with Crippen LogP contribution in [0.3, 0.4) is 0 Å². The van der Waals surface area contributed by atoms with Gasteiger partial charge < -0.3 is 10.1 Å². The molecular weight excluding hydrogens is 334 g/mol. The molecule has 1 aliphatic rings. The van der Waals surface area contributed by atoms with Crippen molar-refractivity contribution in [1.29, 1.82) is 5.26 Å². The van der Waals surface area contributed by atoms with E-state index in [1.54, 1.807) is 35.6 Å². The smallest absolute Gasteiger partial charge is 0.258 e. The summed E-state index contributed by atoms with van der Waals surface area (Å²) in [5, 5.41) is 14.1. The molecule has 2 aromatic rings. The lowest BCUT2D eigenvalue weighted by molar-refractivity contribution is -0.123. The van der Waals surface area contributed by atoms with Gasteiger partial charge in [-0.1, -0.05) is 18.2 Å². The third-order valence-electron chi connectivity index (χ3n) is 4.31. The molecule has 0 aliphatic carbocycles. The van der Waals surface area contributed by atoms with E-state index >= 15 is 0 Å². The molecule has 1 aliphatic heterocycles. The largest absolute Gasteiger partial charge is 0.482 e. The molecule has 1 aromatic heterocycles. The molecule has 0 radical (unpaired) electrons. The van der Waals surface area contributed by atoms with Crippen LogP contribution in [0.25, 0.3) is 0 Å². The van der Waals surface area contributed by atoms with E-state index in [1.807, 2.05) is 6.07 Å². The average molecular weight is 355 g/mol. The number of nitrogens with zero attached hydrogens (tertiary/aromatic N) is 2. The van der Waals surface area contributed by atoms with E-state index in [2.05, 4.69) is 27.7 Å². The number of ether oxygens (including phenoxy) is 1. The number of nitrogens with one attached hydrogen (secondary N) is 1.